The van der Waals surface area contributed by atoms with E-state index in [0.29, 0.717) is 18.9 Å². The third kappa shape index (κ3) is 5.94. The second-order valence-corrected chi connectivity index (χ2v) is 5.66. The van der Waals surface area contributed by atoms with Crippen LogP contribution < -0.4 is 10.6 Å². The third-order valence-electron chi connectivity index (χ3n) is 3.87. The van der Waals surface area contributed by atoms with E-state index >= 15 is 0 Å². The highest BCUT2D eigenvalue weighted by molar-refractivity contribution is 5.82. The molecule has 0 saturated heterocycles. The average molecular weight is 270 g/mol. The molecular formula is C14H26N2O3. The van der Waals surface area contributed by atoms with Gasteiger partial charge in [-0.2, -0.15) is 0 Å². The van der Waals surface area contributed by atoms with Gasteiger partial charge in [0, 0.05) is 6.54 Å². The quantitative estimate of drug-likeness (QED) is 0.693. The smallest absolute Gasteiger partial charge is 0.326 e. The van der Waals surface area contributed by atoms with E-state index in [1.54, 1.807) is 0 Å². The number of amides is 2. The van der Waals surface area contributed by atoms with Crippen molar-refractivity contribution >= 4 is 12.0 Å². The van der Waals surface area contributed by atoms with Crippen molar-refractivity contribution in [2.75, 3.05) is 6.54 Å². The fourth-order valence-corrected chi connectivity index (χ4v) is 2.53. The van der Waals surface area contributed by atoms with Gasteiger partial charge in [-0.15, -0.1) is 0 Å². The van der Waals surface area contributed by atoms with Gasteiger partial charge in [0.1, 0.15) is 6.04 Å². The minimum Gasteiger partial charge on any atom is -0.480 e. The Hall–Kier alpha value is -1.26. The van der Waals surface area contributed by atoms with Gasteiger partial charge >= 0.3 is 12.0 Å². The molecule has 0 bridgehead atoms. The van der Waals surface area contributed by atoms with Crippen molar-refractivity contribution < 1.29 is 14.7 Å². The number of carbonyl (C=O) groups is 2. The molecule has 110 valence electrons. The Morgan fingerprint density at radius 3 is 2.42 bits per heavy atom. The molecule has 0 unspecified atom stereocenters. The van der Waals surface area contributed by atoms with E-state index in [-0.39, 0.29) is 6.03 Å². The average Bonchev–Trinajstić information content (AvgIpc) is 2.37. The number of urea groups is 1. The SMILES string of the molecule is CCC[C@H](NC(=O)NCC1CCC(C)CC1)C(=O)O. The Morgan fingerprint density at radius 2 is 1.89 bits per heavy atom. The van der Waals surface area contributed by atoms with E-state index < -0.39 is 12.0 Å². The molecule has 0 heterocycles. The van der Waals surface area contributed by atoms with Crippen molar-refractivity contribution in [3.05, 3.63) is 0 Å². The Balaban J connectivity index is 2.24. The first-order chi connectivity index (χ1) is 9.02. The van der Waals surface area contributed by atoms with E-state index in [4.69, 9.17) is 5.11 Å². The number of aliphatic carboxylic acids is 1. The molecule has 0 spiro atoms. The molecule has 1 fully saturated rings. The number of carbonyl (C=O) groups excluding carboxylic acids is 1. The predicted molar refractivity (Wildman–Crippen MR) is 74.0 cm³/mol. The first-order valence-corrected chi connectivity index (χ1v) is 7.30. The van der Waals surface area contributed by atoms with Gasteiger partial charge in [0.05, 0.1) is 0 Å². The molecule has 5 heteroatoms. The van der Waals surface area contributed by atoms with Crippen molar-refractivity contribution in [2.45, 2.75) is 58.4 Å². The van der Waals surface area contributed by atoms with E-state index in [2.05, 4.69) is 17.6 Å². The van der Waals surface area contributed by atoms with E-state index in [1.165, 1.54) is 12.8 Å². The summed E-state index contributed by atoms with van der Waals surface area (Å²) in [5.74, 6) is 0.367. The second kappa shape index (κ2) is 8.02. The Morgan fingerprint density at radius 1 is 1.26 bits per heavy atom. The molecule has 5 nitrogen and oxygen atoms in total. The van der Waals surface area contributed by atoms with Gasteiger partial charge in [-0.1, -0.05) is 33.1 Å². The van der Waals surface area contributed by atoms with Crippen LogP contribution in [0.15, 0.2) is 0 Å². The maximum atomic E-state index is 11.7. The van der Waals surface area contributed by atoms with Crippen LogP contribution in [0.3, 0.4) is 0 Å². The van der Waals surface area contributed by atoms with Gasteiger partial charge in [0.2, 0.25) is 0 Å². The van der Waals surface area contributed by atoms with Crippen molar-refractivity contribution in [1.29, 1.82) is 0 Å². The summed E-state index contributed by atoms with van der Waals surface area (Å²) in [6.45, 7) is 4.81. The van der Waals surface area contributed by atoms with Crippen LogP contribution in [0.2, 0.25) is 0 Å². The second-order valence-electron chi connectivity index (χ2n) is 5.66. The number of nitrogens with one attached hydrogen (secondary N) is 2. The normalized spacial score (nSPS) is 24.5. The number of hydrogen-bond donors (Lipinski definition) is 3. The third-order valence-corrected chi connectivity index (χ3v) is 3.87. The van der Waals surface area contributed by atoms with Crippen LogP contribution in [-0.4, -0.2) is 29.7 Å². The highest BCUT2D eigenvalue weighted by Crippen LogP contribution is 2.27. The Labute approximate surface area is 115 Å². The van der Waals surface area contributed by atoms with Gasteiger partial charge < -0.3 is 15.7 Å². The molecule has 0 aliphatic heterocycles. The summed E-state index contributed by atoms with van der Waals surface area (Å²) in [5, 5.41) is 14.3. The van der Waals surface area contributed by atoms with Crippen molar-refractivity contribution in [3.8, 4) is 0 Å². The Bertz CT molecular complexity index is 299. The van der Waals surface area contributed by atoms with E-state index in [1.807, 2.05) is 6.92 Å². The fourth-order valence-electron chi connectivity index (χ4n) is 2.53. The molecule has 0 aromatic carbocycles. The number of carboxylic acid groups (broad SMARTS) is 1. The molecule has 1 saturated carbocycles. The zero-order valence-corrected chi connectivity index (χ0v) is 11.9. The van der Waals surface area contributed by atoms with Crippen LogP contribution in [0.25, 0.3) is 0 Å². The van der Waals surface area contributed by atoms with Crippen molar-refractivity contribution in [2.24, 2.45) is 11.8 Å². The summed E-state index contributed by atoms with van der Waals surface area (Å²) in [4.78, 5) is 22.6. The molecule has 19 heavy (non-hydrogen) atoms. The zero-order chi connectivity index (χ0) is 14.3. The van der Waals surface area contributed by atoms with Gasteiger partial charge in [-0.25, -0.2) is 9.59 Å². The summed E-state index contributed by atoms with van der Waals surface area (Å²) < 4.78 is 0. The van der Waals surface area contributed by atoms with Gasteiger partial charge in [0.15, 0.2) is 0 Å². The van der Waals surface area contributed by atoms with E-state index in [0.717, 1.165) is 25.2 Å². The van der Waals surface area contributed by atoms with Gasteiger partial charge in [-0.3, -0.25) is 0 Å². The highest BCUT2D eigenvalue weighted by atomic mass is 16.4. The molecule has 0 radical (unpaired) electrons. The van der Waals surface area contributed by atoms with E-state index in [9.17, 15) is 9.59 Å². The van der Waals surface area contributed by atoms with Crippen LogP contribution in [0, 0.1) is 11.8 Å². The first kappa shape index (κ1) is 15.8. The summed E-state index contributed by atoms with van der Waals surface area (Å²) in [6, 6.07) is -1.14. The fraction of sp³-hybridized carbons (Fsp3) is 0.857. The largest absolute Gasteiger partial charge is 0.480 e. The maximum Gasteiger partial charge on any atom is 0.326 e. The minimum absolute atomic E-state index is 0.362. The molecule has 2 amide bonds. The standard InChI is InChI=1S/C14H26N2O3/c1-3-4-12(13(17)18)16-14(19)15-9-11-7-5-10(2)6-8-11/h10-12H,3-9H2,1-2H3,(H,17,18)(H2,15,16,19)/t10?,11?,12-/m0/s1. The first-order valence-electron chi connectivity index (χ1n) is 7.30. The van der Waals surface area contributed by atoms with Crippen LogP contribution >= 0.6 is 0 Å². The highest BCUT2D eigenvalue weighted by Gasteiger charge is 2.21. The lowest BCUT2D eigenvalue weighted by molar-refractivity contribution is -0.139. The molecular weight excluding hydrogens is 244 g/mol. The minimum atomic E-state index is -0.969. The molecule has 1 aliphatic carbocycles. The monoisotopic (exact) mass is 270 g/mol. The lowest BCUT2D eigenvalue weighted by atomic mass is 9.83. The zero-order valence-electron chi connectivity index (χ0n) is 11.9. The Kier molecular flexibility index (Phi) is 6.67. The summed E-state index contributed by atoms with van der Waals surface area (Å²) in [5.41, 5.74) is 0. The van der Waals surface area contributed by atoms with Crippen LogP contribution in [0.4, 0.5) is 4.79 Å². The molecule has 1 aliphatic rings. The summed E-state index contributed by atoms with van der Waals surface area (Å²) in [7, 11) is 0. The van der Waals surface area contributed by atoms with Crippen LogP contribution in [-0.2, 0) is 4.79 Å². The van der Waals surface area contributed by atoms with Crippen LogP contribution in [0.1, 0.15) is 52.4 Å². The summed E-state index contributed by atoms with van der Waals surface area (Å²) in [6.07, 6.45) is 5.95. The molecule has 0 aromatic heterocycles. The van der Waals surface area contributed by atoms with Crippen molar-refractivity contribution in [3.63, 3.8) is 0 Å². The molecule has 0 aromatic rings. The maximum absolute atomic E-state index is 11.7. The molecule has 1 rings (SSSR count). The lowest BCUT2D eigenvalue weighted by Crippen LogP contribution is -2.47. The topological polar surface area (TPSA) is 78.4 Å². The number of rotatable bonds is 6. The lowest BCUT2D eigenvalue weighted by Gasteiger charge is -2.26. The molecule has 3 N–H and O–H groups in total. The van der Waals surface area contributed by atoms with Crippen molar-refractivity contribution in [1.82, 2.24) is 10.6 Å². The molecule has 1 atom stereocenters. The van der Waals surface area contributed by atoms with Crippen LogP contribution in [0.5, 0.6) is 0 Å². The van der Waals surface area contributed by atoms with Gasteiger partial charge in [-0.05, 0) is 31.1 Å². The number of carboxylic acids is 1. The number of hydrogen-bond acceptors (Lipinski definition) is 2. The summed E-state index contributed by atoms with van der Waals surface area (Å²) >= 11 is 0. The predicted octanol–water partition coefficient (Wildman–Crippen LogP) is 2.37. The van der Waals surface area contributed by atoms with Gasteiger partial charge in [0.25, 0.3) is 0 Å².